The van der Waals surface area contributed by atoms with Crippen molar-refractivity contribution >= 4 is 11.8 Å². The van der Waals surface area contributed by atoms with E-state index in [0.29, 0.717) is 25.4 Å². The monoisotopic (exact) mass is 394 g/mol. The van der Waals surface area contributed by atoms with Crippen LogP contribution in [-0.4, -0.2) is 36.4 Å². The largest absolute Gasteiger partial charge is 0.484 e. The van der Waals surface area contributed by atoms with Gasteiger partial charge in [-0.15, -0.1) is 0 Å². The van der Waals surface area contributed by atoms with Crippen LogP contribution < -0.4 is 10.1 Å². The Hall–Kier alpha value is -2.82. The van der Waals surface area contributed by atoms with Gasteiger partial charge in [-0.3, -0.25) is 9.59 Å². The van der Waals surface area contributed by atoms with Gasteiger partial charge in [-0.1, -0.05) is 36.4 Å². The molecule has 29 heavy (non-hydrogen) atoms. The molecule has 2 amide bonds. The highest BCUT2D eigenvalue weighted by Gasteiger charge is 2.39. The van der Waals surface area contributed by atoms with Gasteiger partial charge in [-0.05, 0) is 62.4 Å². The summed E-state index contributed by atoms with van der Waals surface area (Å²) in [6, 6.07) is 15.7. The van der Waals surface area contributed by atoms with E-state index in [1.165, 1.54) is 0 Å². The molecule has 5 nitrogen and oxygen atoms in total. The number of carbonyl (C=O) groups excluding carboxylic acids is 2. The Labute approximate surface area is 173 Å². The lowest BCUT2D eigenvalue weighted by atomic mass is 9.81. The first-order valence-corrected chi connectivity index (χ1v) is 10.2. The van der Waals surface area contributed by atoms with E-state index < -0.39 is 5.41 Å². The summed E-state index contributed by atoms with van der Waals surface area (Å²) in [5.41, 5.74) is 2.78. The second kappa shape index (κ2) is 9.12. The molecular formula is C24H30N2O3. The molecule has 0 aliphatic carbocycles. The standard InChI is InChI=1S/C24H30N2O3/c1-18-8-6-11-21(14-18)29-16-22(27)26-13-7-12-24(3,17-26)23(28)25-15-20-10-5-4-9-19(20)2/h4-6,8-11,14H,7,12-13,15-17H2,1-3H3,(H,25,28)/t24-/m1/s1. The van der Waals surface area contributed by atoms with E-state index in [1.54, 1.807) is 4.90 Å². The summed E-state index contributed by atoms with van der Waals surface area (Å²) in [7, 11) is 0. The third-order valence-corrected chi connectivity index (χ3v) is 5.65. The van der Waals surface area contributed by atoms with Crippen molar-refractivity contribution in [3.63, 3.8) is 0 Å². The zero-order valence-electron chi connectivity index (χ0n) is 17.5. The van der Waals surface area contributed by atoms with E-state index in [0.717, 1.165) is 29.5 Å². The quantitative estimate of drug-likeness (QED) is 0.814. The summed E-state index contributed by atoms with van der Waals surface area (Å²) in [5.74, 6) is 0.607. The molecule has 0 saturated carbocycles. The number of rotatable bonds is 6. The molecule has 2 aromatic rings. The van der Waals surface area contributed by atoms with Crippen LogP contribution >= 0.6 is 0 Å². The van der Waals surface area contributed by atoms with Crippen LogP contribution in [0.25, 0.3) is 0 Å². The molecule has 1 atom stereocenters. The molecule has 0 bridgehead atoms. The van der Waals surface area contributed by atoms with Crippen LogP contribution in [0, 0.1) is 19.3 Å². The molecule has 1 fully saturated rings. The van der Waals surface area contributed by atoms with Gasteiger partial charge in [-0.2, -0.15) is 0 Å². The van der Waals surface area contributed by atoms with Crippen molar-refractivity contribution in [1.29, 1.82) is 0 Å². The molecule has 0 spiro atoms. The first-order valence-electron chi connectivity index (χ1n) is 10.2. The number of likely N-dealkylation sites (tertiary alicyclic amines) is 1. The summed E-state index contributed by atoms with van der Waals surface area (Å²) in [5, 5.41) is 3.07. The van der Waals surface area contributed by atoms with E-state index in [4.69, 9.17) is 4.74 Å². The first kappa shape index (κ1) is 20.9. The molecule has 2 aromatic carbocycles. The minimum Gasteiger partial charge on any atom is -0.484 e. The van der Waals surface area contributed by atoms with Crippen molar-refractivity contribution in [3.8, 4) is 5.75 Å². The number of hydrogen-bond donors (Lipinski definition) is 1. The maximum Gasteiger partial charge on any atom is 0.260 e. The lowest BCUT2D eigenvalue weighted by Crippen LogP contribution is -2.52. The Balaban J connectivity index is 1.55. The molecule has 1 N–H and O–H groups in total. The Kier molecular flexibility index (Phi) is 6.57. The van der Waals surface area contributed by atoms with Crippen LogP contribution in [0.15, 0.2) is 48.5 Å². The number of amides is 2. The van der Waals surface area contributed by atoms with Gasteiger partial charge >= 0.3 is 0 Å². The normalized spacial score (nSPS) is 18.9. The van der Waals surface area contributed by atoms with Crippen LogP contribution in [0.5, 0.6) is 5.75 Å². The van der Waals surface area contributed by atoms with E-state index in [2.05, 4.69) is 5.32 Å². The average molecular weight is 395 g/mol. The summed E-state index contributed by atoms with van der Waals surface area (Å²) in [6.07, 6.45) is 1.58. The molecule has 5 heteroatoms. The third kappa shape index (κ3) is 5.37. The molecule has 0 radical (unpaired) electrons. The van der Waals surface area contributed by atoms with Crippen LogP contribution in [0.1, 0.15) is 36.5 Å². The molecule has 154 valence electrons. The smallest absolute Gasteiger partial charge is 0.260 e. The minimum atomic E-state index is -0.583. The Morgan fingerprint density at radius 2 is 1.93 bits per heavy atom. The summed E-state index contributed by atoms with van der Waals surface area (Å²) in [6.45, 7) is 7.55. The summed E-state index contributed by atoms with van der Waals surface area (Å²) < 4.78 is 5.66. The van der Waals surface area contributed by atoms with Crippen molar-refractivity contribution in [3.05, 3.63) is 65.2 Å². The van der Waals surface area contributed by atoms with E-state index >= 15 is 0 Å². The van der Waals surface area contributed by atoms with E-state index in [1.807, 2.05) is 69.3 Å². The van der Waals surface area contributed by atoms with Crippen molar-refractivity contribution in [2.45, 2.75) is 40.2 Å². The number of ether oxygens (including phenoxy) is 1. The Morgan fingerprint density at radius 3 is 2.69 bits per heavy atom. The number of aryl methyl sites for hydroxylation is 2. The maximum absolute atomic E-state index is 12.9. The van der Waals surface area contributed by atoms with Gasteiger partial charge in [0.1, 0.15) is 5.75 Å². The molecule has 1 aliphatic rings. The average Bonchev–Trinajstić information content (AvgIpc) is 2.71. The third-order valence-electron chi connectivity index (χ3n) is 5.65. The number of benzene rings is 2. The van der Waals surface area contributed by atoms with Crippen molar-refractivity contribution in [1.82, 2.24) is 10.2 Å². The zero-order valence-corrected chi connectivity index (χ0v) is 17.5. The summed E-state index contributed by atoms with van der Waals surface area (Å²) >= 11 is 0. The number of piperidine rings is 1. The van der Waals surface area contributed by atoms with E-state index in [-0.39, 0.29) is 18.4 Å². The van der Waals surface area contributed by atoms with Crippen molar-refractivity contribution in [2.75, 3.05) is 19.7 Å². The van der Waals surface area contributed by atoms with Crippen LogP contribution in [0.2, 0.25) is 0 Å². The van der Waals surface area contributed by atoms with Crippen molar-refractivity contribution in [2.24, 2.45) is 5.41 Å². The lowest BCUT2D eigenvalue weighted by Gasteiger charge is -2.39. The predicted molar refractivity (Wildman–Crippen MR) is 114 cm³/mol. The number of nitrogens with one attached hydrogen (secondary N) is 1. The number of nitrogens with zero attached hydrogens (tertiary/aromatic N) is 1. The summed E-state index contributed by atoms with van der Waals surface area (Å²) in [4.78, 5) is 27.3. The van der Waals surface area contributed by atoms with Gasteiger partial charge < -0.3 is 15.0 Å². The van der Waals surface area contributed by atoms with Crippen LogP contribution in [0.3, 0.4) is 0 Å². The van der Waals surface area contributed by atoms with Gasteiger partial charge in [0.2, 0.25) is 5.91 Å². The molecule has 0 aromatic heterocycles. The first-order chi connectivity index (χ1) is 13.9. The fraction of sp³-hybridized carbons (Fsp3) is 0.417. The molecule has 1 saturated heterocycles. The fourth-order valence-electron chi connectivity index (χ4n) is 3.78. The van der Waals surface area contributed by atoms with Gasteiger partial charge in [-0.25, -0.2) is 0 Å². The maximum atomic E-state index is 12.9. The van der Waals surface area contributed by atoms with Crippen molar-refractivity contribution < 1.29 is 14.3 Å². The number of hydrogen-bond acceptors (Lipinski definition) is 3. The highest BCUT2D eigenvalue weighted by molar-refractivity contribution is 5.84. The highest BCUT2D eigenvalue weighted by atomic mass is 16.5. The lowest BCUT2D eigenvalue weighted by molar-refractivity contribution is -0.142. The Bertz CT molecular complexity index is 880. The van der Waals surface area contributed by atoms with E-state index in [9.17, 15) is 9.59 Å². The predicted octanol–water partition coefficient (Wildman–Crippen LogP) is 3.63. The second-order valence-corrected chi connectivity index (χ2v) is 8.19. The van der Waals surface area contributed by atoms with Crippen LogP contribution in [0.4, 0.5) is 0 Å². The number of carbonyl (C=O) groups is 2. The van der Waals surface area contributed by atoms with Gasteiger partial charge in [0.25, 0.3) is 5.91 Å². The minimum absolute atomic E-state index is 0.00199. The zero-order chi connectivity index (χ0) is 20.9. The molecule has 1 aliphatic heterocycles. The topological polar surface area (TPSA) is 58.6 Å². The van der Waals surface area contributed by atoms with Gasteiger partial charge in [0.05, 0.1) is 5.41 Å². The molecule has 3 rings (SSSR count). The fourth-order valence-corrected chi connectivity index (χ4v) is 3.78. The highest BCUT2D eigenvalue weighted by Crippen LogP contribution is 2.30. The SMILES string of the molecule is Cc1cccc(OCC(=O)N2CCC[C@@](C)(C(=O)NCc3ccccc3C)C2)c1. The molecule has 1 heterocycles. The second-order valence-electron chi connectivity index (χ2n) is 8.19. The molecule has 0 unspecified atom stereocenters. The van der Waals surface area contributed by atoms with Gasteiger partial charge in [0.15, 0.2) is 6.61 Å². The van der Waals surface area contributed by atoms with Crippen LogP contribution in [-0.2, 0) is 16.1 Å². The van der Waals surface area contributed by atoms with Gasteiger partial charge in [0, 0.05) is 19.6 Å². The molecular weight excluding hydrogens is 364 g/mol. The Morgan fingerprint density at radius 1 is 1.14 bits per heavy atom.